The van der Waals surface area contributed by atoms with Gasteiger partial charge in [0.05, 0.1) is 11.2 Å². The second-order valence-corrected chi connectivity index (χ2v) is 6.07. The molecule has 1 fully saturated rings. The van der Waals surface area contributed by atoms with Crippen LogP contribution in [0.1, 0.15) is 27.1 Å². The highest BCUT2D eigenvalue weighted by atomic mass is 16.5. The summed E-state index contributed by atoms with van der Waals surface area (Å²) in [6.45, 7) is 0.198. The molecule has 1 saturated heterocycles. The lowest BCUT2D eigenvalue weighted by Gasteiger charge is -2.56. The minimum atomic E-state index is -2.54. The van der Waals surface area contributed by atoms with E-state index in [-0.39, 0.29) is 35.6 Å². The van der Waals surface area contributed by atoms with E-state index >= 15 is 0 Å². The molecular weight excluding hydrogens is 278 g/mol. The van der Waals surface area contributed by atoms with Crippen molar-refractivity contribution in [3.05, 3.63) is 35.4 Å². The molecule has 4 nitrogen and oxygen atoms in total. The smallest absolute Gasteiger partial charge is 0.211 e. The van der Waals surface area contributed by atoms with E-state index < -0.39 is 48.0 Å². The van der Waals surface area contributed by atoms with Gasteiger partial charge in [-0.3, -0.25) is 0 Å². The molecule has 2 bridgehead atoms. The van der Waals surface area contributed by atoms with Gasteiger partial charge in [0.2, 0.25) is 1.43 Å². The molecule has 1 spiro atoms. The number of piperidine rings is 1. The van der Waals surface area contributed by atoms with Gasteiger partial charge < -0.3 is 19.5 Å². The second-order valence-electron chi connectivity index (χ2n) is 6.07. The fraction of sp³-hybridized carbons (Fsp3) is 0.556. The standard InChI is InChI=1S/C18H21NO3/c1-19-8-7-18-11-4-5-13(20)17(18)22-16-14(21-2)6-3-10(15(16)18)9-12(11)19/h3-6,11-13,17,20H,7-9H2,1-2H3/t11-,12+,13?,17?,18-/m0/s1/i3D,6D,9D2,11D,12D,17D,20D. The predicted molar refractivity (Wildman–Crippen MR) is 82.5 cm³/mol. The van der Waals surface area contributed by atoms with E-state index in [0.717, 1.165) is 0 Å². The Labute approximate surface area is 141 Å². The maximum Gasteiger partial charge on any atom is 0.211 e. The van der Waals surface area contributed by atoms with Crippen LogP contribution >= 0.6 is 0 Å². The number of benzene rings is 1. The topological polar surface area (TPSA) is 41.9 Å². The molecule has 1 N–H and O–H groups in total. The third-order valence-electron chi connectivity index (χ3n) is 5.11. The lowest BCUT2D eigenvalue weighted by Crippen LogP contribution is -2.64. The van der Waals surface area contributed by atoms with Crippen molar-refractivity contribution < 1.29 is 24.2 Å². The molecule has 5 atom stereocenters. The van der Waals surface area contributed by atoms with Crippen LogP contribution in [0, 0.1) is 5.89 Å². The first-order valence-electron chi connectivity index (χ1n) is 11.2. The van der Waals surface area contributed by atoms with Crippen molar-refractivity contribution in [2.24, 2.45) is 5.89 Å². The van der Waals surface area contributed by atoms with Crippen molar-refractivity contribution in [1.82, 2.24) is 4.90 Å². The quantitative estimate of drug-likeness (QED) is 0.841. The Balaban J connectivity index is 2.05. The monoisotopic (exact) mass is 307 g/mol. The SMILES string of the molecule is [2H]OC1C=C[C@]2([2H])[C@@]34CCN(C)[C@]2([2H])C([2H])([2H])c2c([2H])c([2H])c(OC)c(c23)OC14[2H]. The van der Waals surface area contributed by atoms with Gasteiger partial charge in [0, 0.05) is 28.4 Å². The fourth-order valence-corrected chi connectivity index (χ4v) is 4.11. The Bertz CT molecular complexity index is 1020. The molecule has 4 heteroatoms. The van der Waals surface area contributed by atoms with E-state index in [2.05, 4.69) is 0 Å². The van der Waals surface area contributed by atoms with Gasteiger partial charge in [-0.25, -0.2) is 0 Å². The number of methoxy groups -OCH3 is 1. The molecule has 5 rings (SSSR count). The molecule has 4 aliphatic rings. The summed E-state index contributed by atoms with van der Waals surface area (Å²) < 4.78 is 81.8. The van der Waals surface area contributed by atoms with E-state index in [4.69, 9.17) is 21.5 Å². The molecule has 2 unspecified atom stereocenters. The number of rotatable bonds is 2. The molecule has 1 aromatic carbocycles. The number of likely N-dealkylation sites (tertiary alicyclic amines) is 1. The van der Waals surface area contributed by atoms with Crippen LogP contribution in [0.25, 0.3) is 0 Å². The highest BCUT2D eigenvalue weighted by Gasteiger charge is 2.64. The summed E-state index contributed by atoms with van der Waals surface area (Å²) in [5.41, 5.74) is -1.69. The maximum atomic E-state index is 9.48. The van der Waals surface area contributed by atoms with Crippen LogP contribution in [0.3, 0.4) is 0 Å². The van der Waals surface area contributed by atoms with Crippen LogP contribution in [0.5, 0.6) is 11.5 Å². The fourth-order valence-electron chi connectivity index (χ4n) is 4.11. The Morgan fingerprint density at radius 1 is 1.59 bits per heavy atom. The highest BCUT2D eigenvalue weighted by molar-refractivity contribution is 5.62. The number of likely N-dealkylation sites (N-methyl/N-ethyl adjacent to an activating group) is 1. The zero-order chi connectivity index (χ0) is 22.1. The molecule has 1 aromatic rings. The van der Waals surface area contributed by atoms with Crippen LogP contribution in [0.4, 0.5) is 0 Å². The normalized spacial score (nSPS) is 58.5. The van der Waals surface area contributed by atoms with Gasteiger partial charge >= 0.3 is 0 Å². The average molecular weight is 307 g/mol. The van der Waals surface area contributed by atoms with E-state index in [1.165, 1.54) is 24.2 Å². The first-order valence-corrected chi connectivity index (χ1v) is 7.34. The number of ether oxygens (including phenoxy) is 2. The van der Waals surface area contributed by atoms with Crippen molar-refractivity contribution in [1.29, 1.82) is 1.43 Å². The minimum Gasteiger partial charge on any atom is -0.493 e. The Morgan fingerprint density at radius 2 is 2.50 bits per heavy atom. The van der Waals surface area contributed by atoms with Crippen molar-refractivity contribution in [3.8, 4) is 11.5 Å². The van der Waals surface area contributed by atoms with E-state index in [1.54, 1.807) is 7.05 Å². The molecule has 116 valence electrons. The number of hydrogen-bond acceptors (Lipinski definition) is 4. The van der Waals surface area contributed by atoms with Crippen LogP contribution in [0.2, 0.25) is 0 Å². The second kappa shape index (κ2) is 4.06. The number of hydrogen-bond donors (Lipinski definition) is 1. The molecule has 0 saturated carbocycles. The molecule has 2 aliphatic carbocycles. The highest BCUT2D eigenvalue weighted by Crippen LogP contribution is 2.62. The van der Waals surface area contributed by atoms with Crippen molar-refractivity contribution in [3.63, 3.8) is 0 Å². The first kappa shape index (κ1) is 7.37. The van der Waals surface area contributed by atoms with Gasteiger partial charge in [0.25, 0.3) is 0 Å². The zero-order valence-corrected chi connectivity index (χ0v) is 12.3. The van der Waals surface area contributed by atoms with Crippen LogP contribution in [0.15, 0.2) is 24.2 Å². The number of nitrogens with zero attached hydrogens (tertiary/aromatic N) is 1. The molecule has 0 aromatic heterocycles. The number of aliphatic hydroxyl groups is 1. The van der Waals surface area contributed by atoms with Crippen molar-refractivity contribution in [2.75, 3.05) is 20.7 Å². The molecule has 0 radical (unpaired) electrons. The van der Waals surface area contributed by atoms with Gasteiger partial charge in [0.15, 0.2) is 11.5 Å². The van der Waals surface area contributed by atoms with Gasteiger partial charge in [-0.15, -0.1) is 0 Å². The summed E-state index contributed by atoms with van der Waals surface area (Å²) >= 11 is 0. The van der Waals surface area contributed by atoms with Crippen LogP contribution in [-0.2, 0) is 11.8 Å². The largest absolute Gasteiger partial charge is 0.493 e. The predicted octanol–water partition coefficient (Wildman–Crippen LogP) is 1.50. The summed E-state index contributed by atoms with van der Waals surface area (Å²) in [7, 11) is 2.85. The van der Waals surface area contributed by atoms with Gasteiger partial charge in [-0.05, 0) is 38.0 Å². The minimum absolute atomic E-state index is 0.0682. The van der Waals surface area contributed by atoms with E-state index in [1.807, 2.05) is 0 Å². The van der Waals surface area contributed by atoms with Gasteiger partial charge in [-0.1, -0.05) is 18.2 Å². The Morgan fingerprint density at radius 3 is 3.32 bits per heavy atom. The summed E-state index contributed by atoms with van der Waals surface area (Å²) in [4.78, 5) is 1.44. The Kier molecular flexibility index (Phi) is 1.36. The molecule has 22 heavy (non-hydrogen) atoms. The van der Waals surface area contributed by atoms with Crippen LogP contribution < -0.4 is 9.47 Å². The Hall–Kier alpha value is -1.52. The van der Waals surface area contributed by atoms with E-state index in [0.29, 0.717) is 0 Å². The lowest BCUT2D eigenvalue weighted by molar-refractivity contribution is -0.0453. The average Bonchev–Trinajstić information content (AvgIpc) is 2.94. The maximum absolute atomic E-state index is 9.48. The summed E-state index contributed by atoms with van der Waals surface area (Å²) in [5.74, 6) is -2.18. The summed E-state index contributed by atoms with van der Waals surface area (Å²) in [6.07, 6.45) is -3.01. The molecule has 2 heterocycles. The number of aliphatic hydroxyl groups excluding tert-OH is 1. The van der Waals surface area contributed by atoms with Crippen molar-refractivity contribution >= 4 is 0 Å². The first-order chi connectivity index (χ1) is 13.9. The zero-order valence-electron chi connectivity index (χ0n) is 20.3. The van der Waals surface area contributed by atoms with E-state index in [9.17, 15) is 4.11 Å². The molecular formula is C18H21NO3. The summed E-state index contributed by atoms with van der Waals surface area (Å²) in [6, 6.07) is -3.08. The van der Waals surface area contributed by atoms with Crippen LogP contribution in [-0.4, -0.2) is 50.3 Å². The third kappa shape index (κ3) is 1.28. The van der Waals surface area contributed by atoms with Crippen molar-refractivity contribution in [2.45, 2.75) is 36.4 Å². The molecule has 2 aliphatic heterocycles. The lowest BCUT2D eigenvalue weighted by atomic mass is 9.53. The van der Waals surface area contributed by atoms with Gasteiger partial charge in [0.1, 0.15) is 12.2 Å². The van der Waals surface area contributed by atoms with Gasteiger partial charge in [-0.2, -0.15) is 0 Å². The molecule has 0 amide bonds. The summed E-state index contributed by atoms with van der Waals surface area (Å²) in [5, 5.41) is 4.79. The third-order valence-corrected chi connectivity index (χ3v) is 5.11.